The van der Waals surface area contributed by atoms with Crippen LogP contribution in [0.15, 0.2) is 0 Å². The lowest BCUT2D eigenvalue weighted by molar-refractivity contribution is -0.132. The normalized spacial score (nSPS) is 27.4. The highest BCUT2D eigenvalue weighted by atomic mass is 16.2. The Kier molecular flexibility index (Phi) is 2.06. The third-order valence-electron chi connectivity index (χ3n) is 3.47. The monoisotopic (exact) mass is 182 g/mol. The molecule has 13 heavy (non-hydrogen) atoms. The molecule has 1 saturated carbocycles. The predicted molar refractivity (Wildman–Crippen MR) is 51.1 cm³/mol. The van der Waals surface area contributed by atoms with Crippen LogP contribution in [0.3, 0.4) is 0 Å². The Morgan fingerprint density at radius 1 is 1.38 bits per heavy atom. The summed E-state index contributed by atoms with van der Waals surface area (Å²) in [5.74, 6) is 0.178. The molecule has 1 heterocycles. The number of hydrogen-bond donors (Lipinski definition) is 1. The molecule has 0 aromatic rings. The molecule has 1 aliphatic carbocycles. The molecule has 0 radical (unpaired) electrons. The molecular weight excluding hydrogens is 164 g/mol. The molecular formula is C10H18N2O. The molecule has 1 saturated heterocycles. The van der Waals surface area contributed by atoms with Crippen molar-refractivity contribution in [2.45, 2.75) is 38.6 Å². The molecule has 0 aromatic heterocycles. The number of nitrogens with two attached hydrogens (primary N) is 1. The van der Waals surface area contributed by atoms with E-state index in [0.717, 1.165) is 38.8 Å². The SMILES string of the molecule is CC1([C@@H](N)C(=O)N2CCCC2)CC1. The lowest BCUT2D eigenvalue weighted by atomic mass is 9.99. The Morgan fingerprint density at radius 2 is 1.92 bits per heavy atom. The largest absolute Gasteiger partial charge is 0.341 e. The van der Waals surface area contributed by atoms with Gasteiger partial charge in [0.05, 0.1) is 6.04 Å². The summed E-state index contributed by atoms with van der Waals surface area (Å²) in [6.45, 7) is 3.96. The second kappa shape index (κ2) is 2.98. The molecule has 0 unspecified atom stereocenters. The van der Waals surface area contributed by atoms with Crippen LogP contribution >= 0.6 is 0 Å². The number of rotatable bonds is 2. The van der Waals surface area contributed by atoms with Crippen LogP contribution in [0.5, 0.6) is 0 Å². The maximum atomic E-state index is 11.8. The van der Waals surface area contributed by atoms with Gasteiger partial charge in [-0.25, -0.2) is 0 Å². The highest BCUT2D eigenvalue weighted by Crippen LogP contribution is 2.47. The van der Waals surface area contributed by atoms with Gasteiger partial charge in [0.2, 0.25) is 5.91 Å². The van der Waals surface area contributed by atoms with E-state index < -0.39 is 0 Å². The van der Waals surface area contributed by atoms with Gasteiger partial charge in [-0.3, -0.25) is 4.79 Å². The number of carbonyl (C=O) groups is 1. The highest BCUT2D eigenvalue weighted by molar-refractivity contribution is 5.83. The first-order valence-electron chi connectivity index (χ1n) is 5.18. The number of nitrogens with zero attached hydrogens (tertiary/aromatic N) is 1. The zero-order chi connectivity index (χ0) is 9.47. The summed E-state index contributed by atoms with van der Waals surface area (Å²) < 4.78 is 0. The minimum atomic E-state index is -0.245. The number of amides is 1. The molecule has 1 atom stereocenters. The van der Waals surface area contributed by atoms with Gasteiger partial charge < -0.3 is 10.6 Å². The van der Waals surface area contributed by atoms with Crippen molar-refractivity contribution >= 4 is 5.91 Å². The molecule has 74 valence electrons. The van der Waals surface area contributed by atoms with E-state index in [2.05, 4.69) is 6.92 Å². The van der Waals surface area contributed by atoms with Crippen LogP contribution in [-0.4, -0.2) is 29.9 Å². The van der Waals surface area contributed by atoms with Crippen LogP contribution in [0.4, 0.5) is 0 Å². The zero-order valence-electron chi connectivity index (χ0n) is 8.25. The first kappa shape index (κ1) is 9.00. The Hall–Kier alpha value is -0.570. The minimum absolute atomic E-state index is 0.125. The summed E-state index contributed by atoms with van der Waals surface area (Å²) in [5, 5.41) is 0. The van der Waals surface area contributed by atoms with E-state index in [1.165, 1.54) is 0 Å². The van der Waals surface area contributed by atoms with Gasteiger partial charge in [0.1, 0.15) is 0 Å². The van der Waals surface area contributed by atoms with Crippen LogP contribution in [0.1, 0.15) is 32.6 Å². The summed E-state index contributed by atoms with van der Waals surface area (Å²) in [6.07, 6.45) is 4.53. The Balaban J connectivity index is 1.95. The lowest BCUT2D eigenvalue weighted by Crippen LogP contribution is -2.46. The van der Waals surface area contributed by atoms with Gasteiger partial charge in [0, 0.05) is 13.1 Å². The van der Waals surface area contributed by atoms with E-state index in [-0.39, 0.29) is 17.4 Å². The van der Waals surface area contributed by atoms with Crippen LogP contribution < -0.4 is 5.73 Å². The first-order chi connectivity index (χ1) is 6.13. The average molecular weight is 182 g/mol. The summed E-state index contributed by atoms with van der Waals surface area (Å²) in [4.78, 5) is 13.8. The van der Waals surface area contributed by atoms with Crippen molar-refractivity contribution in [2.75, 3.05) is 13.1 Å². The fourth-order valence-electron chi connectivity index (χ4n) is 1.94. The van der Waals surface area contributed by atoms with Gasteiger partial charge in [-0.1, -0.05) is 6.92 Å². The molecule has 2 fully saturated rings. The van der Waals surface area contributed by atoms with Gasteiger partial charge in [-0.2, -0.15) is 0 Å². The second-order valence-corrected chi connectivity index (χ2v) is 4.66. The van der Waals surface area contributed by atoms with Gasteiger partial charge in [0.25, 0.3) is 0 Å². The third kappa shape index (κ3) is 1.57. The molecule has 1 amide bonds. The number of hydrogen-bond acceptors (Lipinski definition) is 2. The van der Waals surface area contributed by atoms with Gasteiger partial charge in [-0.05, 0) is 31.1 Å². The standard InChI is InChI=1S/C10H18N2O/c1-10(4-5-10)8(11)9(13)12-6-2-3-7-12/h8H,2-7,11H2,1H3/t8-/m0/s1. The van der Waals surface area contributed by atoms with Crippen LogP contribution in [-0.2, 0) is 4.79 Å². The Bertz CT molecular complexity index is 217. The third-order valence-corrected chi connectivity index (χ3v) is 3.47. The van der Waals surface area contributed by atoms with Crippen LogP contribution in [0.25, 0.3) is 0 Å². The van der Waals surface area contributed by atoms with Crippen molar-refractivity contribution in [3.8, 4) is 0 Å². The Morgan fingerprint density at radius 3 is 2.38 bits per heavy atom. The van der Waals surface area contributed by atoms with Crippen molar-refractivity contribution in [2.24, 2.45) is 11.1 Å². The first-order valence-corrected chi connectivity index (χ1v) is 5.18. The zero-order valence-corrected chi connectivity index (χ0v) is 8.25. The van der Waals surface area contributed by atoms with E-state index in [0.29, 0.717) is 0 Å². The minimum Gasteiger partial charge on any atom is -0.341 e. The van der Waals surface area contributed by atoms with Crippen LogP contribution in [0.2, 0.25) is 0 Å². The van der Waals surface area contributed by atoms with Gasteiger partial charge in [0.15, 0.2) is 0 Å². The lowest BCUT2D eigenvalue weighted by Gasteiger charge is -2.24. The van der Waals surface area contributed by atoms with E-state index in [4.69, 9.17) is 5.73 Å². The van der Waals surface area contributed by atoms with E-state index in [1.54, 1.807) is 0 Å². The van der Waals surface area contributed by atoms with Crippen molar-refractivity contribution < 1.29 is 4.79 Å². The molecule has 3 heteroatoms. The van der Waals surface area contributed by atoms with Crippen molar-refractivity contribution in [1.82, 2.24) is 4.90 Å². The van der Waals surface area contributed by atoms with Crippen molar-refractivity contribution in [1.29, 1.82) is 0 Å². The molecule has 0 aromatic carbocycles. The molecule has 2 N–H and O–H groups in total. The smallest absolute Gasteiger partial charge is 0.240 e. The topological polar surface area (TPSA) is 46.3 Å². The maximum absolute atomic E-state index is 11.8. The molecule has 2 rings (SSSR count). The summed E-state index contributed by atoms with van der Waals surface area (Å²) in [5.41, 5.74) is 6.07. The van der Waals surface area contributed by atoms with E-state index in [1.807, 2.05) is 4.90 Å². The maximum Gasteiger partial charge on any atom is 0.240 e. The molecule has 0 spiro atoms. The van der Waals surface area contributed by atoms with Crippen molar-refractivity contribution in [3.63, 3.8) is 0 Å². The molecule has 2 aliphatic rings. The molecule has 1 aliphatic heterocycles. The quantitative estimate of drug-likeness (QED) is 0.684. The fraction of sp³-hybridized carbons (Fsp3) is 0.900. The predicted octanol–water partition coefficient (Wildman–Crippen LogP) is 0.736. The highest BCUT2D eigenvalue weighted by Gasteiger charge is 2.47. The number of likely N-dealkylation sites (tertiary alicyclic amines) is 1. The van der Waals surface area contributed by atoms with E-state index in [9.17, 15) is 4.79 Å². The second-order valence-electron chi connectivity index (χ2n) is 4.66. The van der Waals surface area contributed by atoms with Gasteiger partial charge >= 0.3 is 0 Å². The van der Waals surface area contributed by atoms with E-state index >= 15 is 0 Å². The summed E-state index contributed by atoms with van der Waals surface area (Å²) >= 11 is 0. The molecule has 3 nitrogen and oxygen atoms in total. The average Bonchev–Trinajstić information content (AvgIpc) is 2.71. The number of carbonyl (C=O) groups excluding carboxylic acids is 1. The fourth-order valence-corrected chi connectivity index (χ4v) is 1.94. The van der Waals surface area contributed by atoms with Crippen LogP contribution in [0, 0.1) is 5.41 Å². The van der Waals surface area contributed by atoms with Gasteiger partial charge in [-0.15, -0.1) is 0 Å². The summed E-state index contributed by atoms with van der Waals surface area (Å²) in [7, 11) is 0. The van der Waals surface area contributed by atoms with Crippen molar-refractivity contribution in [3.05, 3.63) is 0 Å². The summed E-state index contributed by atoms with van der Waals surface area (Å²) in [6, 6.07) is -0.245. The molecule has 0 bridgehead atoms. The Labute approximate surface area is 79.3 Å².